The van der Waals surface area contributed by atoms with E-state index >= 15 is 0 Å². The van der Waals surface area contributed by atoms with Crippen molar-refractivity contribution < 1.29 is 13.6 Å². The molecule has 0 spiro atoms. The van der Waals surface area contributed by atoms with Crippen LogP contribution in [0.4, 0.5) is 0 Å². The number of sulfonamides is 1. The van der Waals surface area contributed by atoms with Crippen LogP contribution in [0.1, 0.15) is 19.8 Å². The second-order valence-electron chi connectivity index (χ2n) is 4.10. The van der Waals surface area contributed by atoms with Crippen LogP contribution in [0.25, 0.3) is 0 Å². The highest BCUT2D eigenvalue weighted by Crippen LogP contribution is 2.25. The fourth-order valence-electron chi connectivity index (χ4n) is 1.54. The van der Waals surface area contributed by atoms with Gasteiger partial charge in [-0.1, -0.05) is 39.6 Å². The largest absolute Gasteiger partial charge is 0.409 e. The summed E-state index contributed by atoms with van der Waals surface area (Å²) in [5.41, 5.74) is 5.39. The third kappa shape index (κ3) is 4.62. The molecule has 1 aromatic carbocycles. The van der Waals surface area contributed by atoms with E-state index in [1.807, 2.05) is 0 Å². The molecule has 0 aromatic heterocycles. The number of nitrogens with zero attached hydrogens (tertiary/aromatic N) is 1. The standard InChI is InChI=1S/C11H15BrClN3O3S/c1-2-8(6-11(14)15-17)16-20(18,19)10-4-3-7(12)5-9(10)13/h3-5,8,16-17H,2,6H2,1H3,(H2,14,15). The lowest BCUT2D eigenvalue weighted by molar-refractivity contribution is 0.316. The first-order valence-corrected chi connectivity index (χ1v) is 8.39. The molecular formula is C11H15BrClN3O3S. The first-order chi connectivity index (χ1) is 9.30. The van der Waals surface area contributed by atoms with Crippen molar-refractivity contribution in [2.75, 3.05) is 0 Å². The highest BCUT2D eigenvalue weighted by molar-refractivity contribution is 9.10. The van der Waals surface area contributed by atoms with Crippen LogP contribution in [0.5, 0.6) is 0 Å². The number of rotatable bonds is 6. The molecule has 1 atom stereocenters. The molecule has 0 aliphatic carbocycles. The summed E-state index contributed by atoms with van der Waals surface area (Å²) in [6.45, 7) is 1.79. The van der Waals surface area contributed by atoms with Gasteiger partial charge in [-0.15, -0.1) is 0 Å². The highest BCUT2D eigenvalue weighted by Gasteiger charge is 2.22. The number of hydrogen-bond donors (Lipinski definition) is 3. The van der Waals surface area contributed by atoms with E-state index in [9.17, 15) is 8.42 Å². The summed E-state index contributed by atoms with van der Waals surface area (Å²) in [5, 5.41) is 11.5. The summed E-state index contributed by atoms with van der Waals surface area (Å²) in [5.74, 6) is -0.0403. The van der Waals surface area contributed by atoms with Gasteiger partial charge in [-0.3, -0.25) is 0 Å². The molecule has 1 unspecified atom stereocenters. The monoisotopic (exact) mass is 383 g/mol. The van der Waals surface area contributed by atoms with E-state index in [0.29, 0.717) is 10.9 Å². The predicted molar refractivity (Wildman–Crippen MR) is 81.6 cm³/mol. The Morgan fingerprint density at radius 3 is 2.75 bits per heavy atom. The van der Waals surface area contributed by atoms with Gasteiger partial charge in [-0.2, -0.15) is 0 Å². The fraction of sp³-hybridized carbons (Fsp3) is 0.364. The first kappa shape index (κ1) is 17.2. The molecule has 112 valence electrons. The van der Waals surface area contributed by atoms with Crippen molar-refractivity contribution in [3.05, 3.63) is 27.7 Å². The first-order valence-electron chi connectivity index (χ1n) is 5.74. The van der Waals surface area contributed by atoms with Crippen LogP contribution in [0.2, 0.25) is 5.02 Å². The third-order valence-electron chi connectivity index (χ3n) is 2.58. The minimum atomic E-state index is -3.77. The normalized spacial score (nSPS) is 14.2. The third-order valence-corrected chi connectivity index (χ3v) is 5.08. The van der Waals surface area contributed by atoms with Gasteiger partial charge < -0.3 is 10.9 Å². The van der Waals surface area contributed by atoms with Gasteiger partial charge in [0.05, 0.1) is 5.02 Å². The van der Waals surface area contributed by atoms with E-state index in [1.54, 1.807) is 13.0 Å². The molecule has 0 saturated carbocycles. The van der Waals surface area contributed by atoms with Gasteiger partial charge in [0, 0.05) is 16.9 Å². The number of halogens is 2. The lowest BCUT2D eigenvalue weighted by Crippen LogP contribution is -2.37. The molecule has 9 heteroatoms. The fourth-order valence-corrected chi connectivity index (χ4v) is 3.90. The molecule has 0 heterocycles. The lowest BCUT2D eigenvalue weighted by Gasteiger charge is -2.17. The van der Waals surface area contributed by atoms with E-state index in [1.165, 1.54) is 12.1 Å². The molecule has 1 aromatic rings. The van der Waals surface area contributed by atoms with Gasteiger partial charge in [0.2, 0.25) is 10.0 Å². The maximum absolute atomic E-state index is 12.2. The smallest absolute Gasteiger partial charge is 0.242 e. The van der Waals surface area contributed by atoms with E-state index in [-0.39, 0.29) is 22.2 Å². The number of hydrogen-bond acceptors (Lipinski definition) is 4. The summed E-state index contributed by atoms with van der Waals surface area (Å²) >= 11 is 9.15. The SMILES string of the molecule is CCC(CC(N)=NO)NS(=O)(=O)c1ccc(Br)cc1Cl. The minimum Gasteiger partial charge on any atom is -0.409 e. The molecule has 0 fully saturated rings. The van der Waals surface area contributed by atoms with Crippen LogP contribution in [0.3, 0.4) is 0 Å². The second kappa shape index (κ2) is 7.26. The number of nitrogens with two attached hydrogens (primary N) is 1. The van der Waals surface area contributed by atoms with Crippen molar-refractivity contribution in [1.82, 2.24) is 4.72 Å². The zero-order valence-corrected chi connectivity index (χ0v) is 13.8. The molecular weight excluding hydrogens is 370 g/mol. The Morgan fingerprint density at radius 1 is 1.60 bits per heavy atom. The van der Waals surface area contributed by atoms with Crippen molar-refractivity contribution in [2.45, 2.75) is 30.7 Å². The van der Waals surface area contributed by atoms with Crippen molar-refractivity contribution in [3.63, 3.8) is 0 Å². The van der Waals surface area contributed by atoms with Crippen molar-refractivity contribution in [2.24, 2.45) is 10.9 Å². The number of oxime groups is 1. The Balaban J connectivity index is 2.98. The molecule has 0 radical (unpaired) electrons. The van der Waals surface area contributed by atoms with E-state index in [4.69, 9.17) is 22.5 Å². The van der Waals surface area contributed by atoms with E-state index in [2.05, 4.69) is 25.8 Å². The highest BCUT2D eigenvalue weighted by atomic mass is 79.9. The molecule has 0 saturated heterocycles. The average molecular weight is 385 g/mol. The van der Waals surface area contributed by atoms with Crippen LogP contribution in [0.15, 0.2) is 32.7 Å². The van der Waals surface area contributed by atoms with Crippen LogP contribution >= 0.6 is 27.5 Å². The summed E-state index contributed by atoms with van der Waals surface area (Å²) in [7, 11) is -3.77. The zero-order chi connectivity index (χ0) is 15.3. The van der Waals surface area contributed by atoms with Gasteiger partial charge in [-0.25, -0.2) is 13.1 Å². The number of amidine groups is 1. The van der Waals surface area contributed by atoms with Gasteiger partial charge >= 0.3 is 0 Å². The summed E-state index contributed by atoms with van der Waals surface area (Å²) in [6, 6.07) is 4.02. The van der Waals surface area contributed by atoms with Gasteiger partial charge in [0.25, 0.3) is 0 Å². The molecule has 0 aliphatic heterocycles. The lowest BCUT2D eigenvalue weighted by atomic mass is 10.1. The average Bonchev–Trinajstić information content (AvgIpc) is 2.36. The van der Waals surface area contributed by atoms with Crippen molar-refractivity contribution in [3.8, 4) is 0 Å². The van der Waals surface area contributed by atoms with Crippen LogP contribution in [-0.2, 0) is 10.0 Å². The van der Waals surface area contributed by atoms with Gasteiger partial charge in [0.15, 0.2) is 0 Å². The zero-order valence-electron chi connectivity index (χ0n) is 10.7. The Morgan fingerprint density at radius 2 is 2.25 bits per heavy atom. The van der Waals surface area contributed by atoms with Crippen LogP contribution in [0, 0.1) is 0 Å². The van der Waals surface area contributed by atoms with E-state index in [0.717, 1.165) is 0 Å². The molecule has 0 bridgehead atoms. The molecule has 0 aliphatic rings. The molecule has 4 N–H and O–H groups in total. The van der Waals surface area contributed by atoms with E-state index < -0.39 is 16.1 Å². The Labute approximate surface area is 131 Å². The molecule has 1 rings (SSSR count). The molecule has 20 heavy (non-hydrogen) atoms. The minimum absolute atomic E-state index is 0.0136. The van der Waals surface area contributed by atoms with Crippen LogP contribution < -0.4 is 10.5 Å². The quantitative estimate of drug-likeness (QED) is 0.303. The Bertz CT molecular complexity index is 607. The van der Waals surface area contributed by atoms with Crippen molar-refractivity contribution in [1.29, 1.82) is 0 Å². The maximum Gasteiger partial charge on any atom is 0.242 e. The topological polar surface area (TPSA) is 105 Å². The predicted octanol–water partition coefficient (Wildman–Crippen LogP) is 2.30. The van der Waals surface area contributed by atoms with Gasteiger partial charge in [0.1, 0.15) is 10.7 Å². The summed E-state index contributed by atoms with van der Waals surface area (Å²) in [6.07, 6.45) is 0.601. The van der Waals surface area contributed by atoms with Crippen molar-refractivity contribution >= 4 is 43.4 Å². The Hall–Kier alpha value is -0.830. The maximum atomic E-state index is 12.2. The second-order valence-corrected chi connectivity index (χ2v) is 7.10. The number of nitrogens with one attached hydrogen (secondary N) is 1. The summed E-state index contributed by atoms with van der Waals surface area (Å²) < 4.78 is 27.7. The molecule has 6 nitrogen and oxygen atoms in total. The Kier molecular flexibility index (Phi) is 6.25. The van der Waals surface area contributed by atoms with Crippen LogP contribution in [-0.4, -0.2) is 25.5 Å². The van der Waals surface area contributed by atoms with Gasteiger partial charge in [-0.05, 0) is 24.6 Å². The summed E-state index contributed by atoms with van der Waals surface area (Å²) in [4.78, 5) is -0.0136. The number of benzene rings is 1. The molecule has 0 amide bonds.